The summed E-state index contributed by atoms with van der Waals surface area (Å²) < 4.78 is 55.0. The first-order valence-electron chi connectivity index (χ1n) is 9.84. The summed E-state index contributed by atoms with van der Waals surface area (Å²) in [6.07, 6.45) is 1.54. The summed E-state index contributed by atoms with van der Waals surface area (Å²) in [5.74, 6) is -1.18. The predicted molar refractivity (Wildman–Crippen MR) is 114 cm³/mol. The van der Waals surface area contributed by atoms with Gasteiger partial charge in [0, 0.05) is 10.6 Å². The van der Waals surface area contributed by atoms with Gasteiger partial charge in [-0.05, 0) is 79.6 Å². The van der Waals surface area contributed by atoms with Crippen LogP contribution >= 0.6 is 11.6 Å². The van der Waals surface area contributed by atoms with Gasteiger partial charge >= 0.3 is 0 Å². The van der Waals surface area contributed by atoms with Crippen molar-refractivity contribution in [3.8, 4) is 0 Å². The predicted octanol–water partition coefficient (Wildman–Crippen LogP) is 6.65. The third-order valence-electron chi connectivity index (χ3n) is 6.12. The molecule has 1 fully saturated rings. The van der Waals surface area contributed by atoms with E-state index in [1.54, 1.807) is 0 Å². The highest BCUT2D eigenvalue weighted by atomic mass is 35.5. The van der Waals surface area contributed by atoms with E-state index in [2.05, 4.69) is 0 Å². The highest BCUT2D eigenvalue weighted by Crippen LogP contribution is 2.51. The van der Waals surface area contributed by atoms with Crippen LogP contribution in [0.1, 0.15) is 42.7 Å². The second-order valence-electron chi connectivity index (χ2n) is 7.76. The Bertz CT molecular complexity index is 1140. The number of rotatable bonds is 4. The first-order chi connectivity index (χ1) is 14.3. The lowest BCUT2D eigenvalue weighted by Gasteiger charge is -2.40. The molecule has 0 amide bonds. The van der Waals surface area contributed by atoms with Crippen LogP contribution in [0.4, 0.5) is 8.78 Å². The quantitative estimate of drug-likeness (QED) is 0.450. The van der Waals surface area contributed by atoms with Crippen LogP contribution < -0.4 is 0 Å². The summed E-state index contributed by atoms with van der Waals surface area (Å²) in [5, 5.41) is 0.410. The molecule has 6 heteroatoms. The van der Waals surface area contributed by atoms with E-state index in [0.29, 0.717) is 17.9 Å². The van der Waals surface area contributed by atoms with Crippen LogP contribution in [0, 0.1) is 11.6 Å². The van der Waals surface area contributed by atoms with Crippen molar-refractivity contribution in [2.24, 2.45) is 0 Å². The zero-order valence-electron chi connectivity index (χ0n) is 16.2. The van der Waals surface area contributed by atoms with Crippen molar-refractivity contribution in [2.75, 3.05) is 0 Å². The zero-order valence-corrected chi connectivity index (χ0v) is 17.8. The van der Waals surface area contributed by atoms with E-state index in [1.165, 1.54) is 24.3 Å². The molecule has 0 heterocycles. The topological polar surface area (TPSA) is 34.1 Å². The molecule has 1 aliphatic rings. The molecule has 1 aliphatic carbocycles. The molecule has 156 valence electrons. The minimum Gasteiger partial charge on any atom is -0.223 e. The van der Waals surface area contributed by atoms with Gasteiger partial charge in [-0.1, -0.05) is 41.9 Å². The third-order valence-corrected chi connectivity index (χ3v) is 8.92. The molecule has 0 N–H and O–H groups in total. The van der Waals surface area contributed by atoms with Crippen LogP contribution in [-0.2, 0) is 14.6 Å². The third kappa shape index (κ3) is 3.65. The Hall–Kier alpha value is -2.24. The van der Waals surface area contributed by atoms with Gasteiger partial charge in [0.05, 0.1) is 4.90 Å². The van der Waals surface area contributed by atoms with E-state index in [-0.39, 0.29) is 29.2 Å². The molecule has 0 bridgehead atoms. The molecule has 0 spiro atoms. The number of hydrogen-bond donors (Lipinski definition) is 0. The van der Waals surface area contributed by atoms with Gasteiger partial charge < -0.3 is 0 Å². The molecule has 3 aromatic carbocycles. The molecule has 0 radical (unpaired) electrons. The van der Waals surface area contributed by atoms with Crippen LogP contribution in [0.3, 0.4) is 0 Å². The Labute approximate surface area is 180 Å². The van der Waals surface area contributed by atoms with Gasteiger partial charge in [0.15, 0.2) is 9.84 Å². The lowest BCUT2D eigenvalue weighted by Crippen LogP contribution is -2.40. The lowest BCUT2D eigenvalue weighted by molar-refractivity contribution is 0.337. The van der Waals surface area contributed by atoms with Crippen molar-refractivity contribution < 1.29 is 17.2 Å². The molecule has 0 atom stereocenters. The van der Waals surface area contributed by atoms with Gasteiger partial charge in [0.2, 0.25) is 0 Å². The average Bonchev–Trinajstić information content (AvgIpc) is 2.76. The van der Waals surface area contributed by atoms with Crippen molar-refractivity contribution in [1.29, 1.82) is 0 Å². The summed E-state index contributed by atoms with van der Waals surface area (Å²) in [5.41, 5.74) is 1.04. The molecule has 30 heavy (non-hydrogen) atoms. The minimum atomic E-state index is -4.00. The van der Waals surface area contributed by atoms with Gasteiger partial charge in [0.1, 0.15) is 16.4 Å². The molecule has 0 unspecified atom stereocenters. The van der Waals surface area contributed by atoms with Crippen LogP contribution in [0.25, 0.3) is 0 Å². The maximum Gasteiger partial charge on any atom is 0.188 e. The highest BCUT2D eigenvalue weighted by molar-refractivity contribution is 7.92. The molecule has 0 saturated heterocycles. The van der Waals surface area contributed by atoms with Crippen LogP contribution in [0.15, 0.2) is 77.7 Å². The Morgan fingerprint density at radius 2 is 1.50 bits per heavy atom. The van der Waals surface area contributed by atoms with E-state index < -0.39 is 26.2 Å². The Morgan fingerprint density at radius 1 is 0.867 bits per heavy atom. The summed E-state index contributed by atoms with van der Waals surface area (Å²) >= 11 is 5.93. The Kier molecular flexibility index (Phi) is 5.69. The van der Waals surface area contributed by atoms with Crippen molar-refractivity contribution in [3.63, 3.8) is 0 Å². The summed E-state index contributed by atoms with van der Waals surface area (Å²) in [6.45, 7) is 0. The second kappa shape index (κ2) is 8.12. The lowest BCUT2D eigenvalue weighted by atomic mass is 9.75. The van der Waals surface area contributed by atoms with E-state index in [0.717, 1.165) is 23.8 Å². The fourth-order valence-electron chi connectivity index (χ4n) is 4.51. The Morgan fingerprint density at radius 3 is 2.13 bits per heavy atom. The van der Waals surface area contributed by atoms with Crippen LogP contribution in [0.5, 0.6) is 0 Å². The maximum absolute atomic E-state index is 14.9. The molecule has 3 aromatic rings. The first kappa shape index (κ1) is 21.0. The molecule has 4 rings (SSSR count). The van der Waals surface area contributed by atoms with Gasteiger partial charge in [-0.15, -0.1) is 0 Å². The number of hydrogen-bond acceptors (Lipinski definition) is 2. The summed E-state index contributed by atoms with van der Waals surface area (Å²) in [7, 11) is -4.00. The molecule has 0 aliphatic heterocycles. The van der Waals surface area contributed by atoms with E-state index in [1.807, 2.05) is 30.3 Å². The first-order valence-corrected chi connectivity index (χ1v) is 11.7. The van der Waals surface area contributed by atoms with Crippen LogP contribution in [-0.4, -0.2) is 8.42 Å². The smallest absolute Gasteiger partial charge is 0.188 e. The maximum atomic E-state index is 14.9. The minimum absolute atomic E-state index is 0.0636. The largest absolute Gasteiger partial charge is 0.223 e. The van der Waals surface area contributed by atoms with Crippen molar-refractivity contribution in [1.82, 2.24) is 0 Å². The van der Waals surface area contributed by atoms with Crippen molar-refractivity contribution in [3.05, 3.63) is 101 Å². The summed E-state index contributed by atoms with van der Waals surface area (Å²) in [6, 6.07) is 18.8. The van der Waals surface area contributed by atoms with Crippen molar-refractivity contribution >= 4 is 21.4 Å². The van der Waals surface area contributed by atoms with Gasteiger partial charge in [-0.3, -0.25) is 0 Å². The van der Waals surface area contributed by atoms with Gasteiger partial charge in [0.25, 0.3) is 0 Å². The van der Waals surface area contributed by atoms with E-state index >= 15 is 0 Å². The molecular weight excluding hydrogens is 426 g/mol. The fraction of sp³-hybridized carbons (Fsp3) is 0.250. The second-order valence-corrected chi connectivity index (χ2v) is 10.5. The van der Waals surface area contributed by atoms with Crippen molar-refractivity contribution in [2.45, 2.75) is 41.2 Å². The standard InChI is InChI=1S/C24H21ClF2O2S/c25-19-6-9-21(10-7-19)30(28,29)24(22-16-20(26)8-11-23(22)27)14-12-18(13-15-24)17-4-2-1-3-5-17/h1-11,16,18H,12-15H2/t18-,24-. The summed E-state index contributed by atoms with van der Waals surface area (Å²) in [4.78, 5) is 0.0636. The monoisotopic (exact) mass is 446 g/mol. The normalized spacial score (nSPS) is 22.0. The number of halogens is 3. The fourth-order valence-corrected chi connectivity index (χ4v) is 6.80. The number of benzene rings is 3. The molecule has 2 nitrogen and oxygen atoms in total. The van der Waals surface area contributed by atoms with Gasteiger partial charge in [-0.2, -0.15) is 0 Å². The highest BCUT2D eigenvalue weighted by Gasteiger charge is 2.50. The van der Waals surface area contributed by atoms with Gasteiger partial charge in [-0.25, -0.2) is 17.2 Å². The van der Waals surface area contributed by atoms with E-state index in [4.69, 9.17) is 11.6 Å². The zero-order chi connectivity index (χ0) is 21.4. The van der Waals surface area contributed by atoms with E-state index in [9.17, 15) is 17.2 Å². The molecular formula is C24H21ClF2O2S. The SMILES string of the molecule is O=S(=O)(c1ccc(Cl)cc1)[C@]1(c2cc(F)ccc2F)CC[C@@H](c2ccccc2)CC1. The number of sulfone groups is 1. The molecule has 1 saturated carbocycles. The molecule has 0 aromatic heterocycles. The Balaban J connectivity index is 1.81. The average molecular weight is 447 g/mol. The van der Waals surface area contributed by atoms with Crippen LogP contribution in [0.2, 0.25) is 5.02 Å².